The van der Waals surface area contributed by atoms with Crippen LogP contribution in [0.2, 0.25) is 0 Å². The maximum atomic E-state index is 5.73. The summed E-state index contributed by atoms with van der Waals surface area (Å²) in [7, 11) is 1.63. The lowest BCUT2D eigenvalue weighted by atomic mass is 10.3. The molecule has 25 heavy (non-hydrogen) atoms. The van der Waals surface area contributed by atoms with Gasteiger partial charge in [0.1, 0.15) is 24.7 Å². The number of rotatable bonds is 11. The number of para-hydroxylation sites is 2. The fraction of sp³-hybridized carbons (Fsp3) is 0.400. The summed E-state index contributed by atoms with van der Waals surface area (Å²) < 4.78 is 27.7. The van der Waals surface area contributed by atoms with E-state index in [-0.39, 0.29) is 6.10 Å². The highest BCUT2D eigenvalue weighted by atomic mass is 16.6. The van der Waals surface area contributed by atoms with Crippen LogP contribution in [0, 0.1) is 0 Å². The summed E-state index contributed by atoms with van der Waals surface area (Å²) in [4.78, 5) is 0. The average Bonchev–Trinajstić information content (AvgIpc) is 2.62. The Balaban J connectivity index is 1.62. The standard InChI is InChI=1S/C20H26O5/c1-16(2)25-20-10-5-4-9-19(20)24-14-12-22-11-13-23-18-8-6-7-17(15-18)21-3/h4-10,15-16H,11-14H2,1-3H3. The summed E-state index contributed by atoms with van der Waals surface area (Å²) in [6.07, 6.45) is 0.106. The Morgan fingerprint density at radius 3 is 2.16 bits per heavy atom. The quantitative estimate of drug-likeness (QED) is 0.576. The Morgan fingerprint density at radius 1 is 0.760 bits per heavy atom. The van der Waals surface area contributed by atoms with Gasteiger partial charge in [0.15, 0.2) is 11.5 Å². The molecular weight excluding hydrogens is 320 g/mol. The summed E-state index contributed by atoms with van der Waals surface area (Å²) >= 11 is 0. The molecule has 0 unspecified atom stereocenters. The lowest BCUT2D eigenvalue weighted by Crippen LogP contribution is -2.13. The normalized spacial score (nSPS) is 10.6. The maximum absolute atomic E-state index is 5.73. The Kier molecular flexibility index (Phi) is 7.92. The summed E-state index contributed by atoms with van der Waals surface area (Å²) in [6, 6.07) is 15.1. The molecule has 0 aliphatic heterocycles. The first-order valence-electron chi connectivity index (χ1n) is 8.42. The highest BCUT2D eigenvalue weighted by Crippen LogP contribution is 2.27. The average molecular weight is 346 g/mol. The molecule has 2 aromatic carbocycles. The highest BCUT2D eigenvalue weighted by molar-refractivity contribution is 5.39. The minimum atomic E-state index is 0.106. The second-order valence-electron chi connectivity index (χ2n) is 5.60. The maximum Gasteiger partial charge on any atom is 0.161 e. The predicted molar refractivity (Wildman–Crippen MR) is 97.0 cm³/mol. The van der Waals surface area contributed by atoms with E-state index in [9.17, 15) is 0 Å². The van der Waals surface area contributed by atoms with E-state index in [1.165, 1.54) is 0 Å². The molecule has 5 nitrogen and oxygen atoms in total. The second-order valence-corrected chi connectivity index (χ2v) is 5.60. The minimum Gasteiger partial charge on any atom is -0.497 e. The largest absolute Gasteiger partial charge is 0.497 e. The van der Waals surface area contributed by atoms with Gasteiger partial charge < -0.3 is 23.7 Å². The Labute approximate surface area is 149 Å². The molecule has 0 aliphatic carbocycles. The number of ether oxygens (including phenoxy) is 5. The van der Waals surface area contributed by atoms with E-state index < -0.39 is 0 Å². The van der Waals surface area contributed by atoms with E-state index in [4.69, 9.17) is 23.7 Å². The van der Waals surface area contributed by atoms with Crippen LogP contribution in [0.15, 0.2) is 48.5 Å². The van der Waals surface area contributed by atoms with Gasteiger partial charge in [-0.15, -0.1) is 0 Å². The number of hydrogen-bond donors (Lipinski definition) is 0. The minimum absolute atomic E-state index is 0.106. The highest BCUT2D eigenvalue weighted by Gasteiger charge is 2.05. The van der Waals surface area contributed by atoms with Crippen molar-refractivity contribution in [1.82, 2.24) is 0 Å². The third kappa shape index (κ3) is 6.93. The van der Waals surface area contributed by atoms with Crippen molar-refractivity contribution < 1.29 is 23.7 Å². The lowest BCUT2D eigenvalue weighted by molar-refractivity contribution is 0.0750. The molecule has 0 heterocycles. The van der Waals surface area contributed by atoms with Gasteiger partial charge in [-0.2, -0.15) is 0 Å². The smallest absolute Gasteiger partial charge is 0.161 e. The van der Waals surface area contributed by atoms with Gasteiger partial charge in [0.05, 0.1) is 26.4 Å². The van der Waals surface area contributed by atoms with Crippen LogP contribution in [0.25, 0.3) is 0 Å². The van der Waals surface area contributed by atoms with Crippen molar-refractivity contribution in [3.8, 4) is 23.0 Å². The van der Waals surface area contributed by atoms with Crippen LogP contribution >= 0.6 is 0 Å². The van der Waals surface area contributed by atoms with Crippen molar-refractivity contribution in [3.05, 3.63) is 48.5 Å². The third-order valence-corrected chi connectivity index (χ3v) is 3.23. The first-order chi connectivity index (χ1) is 12.2. The lowest BCUT2D eigenvalue weighted by Gasteiger charge is -2.14. The molecule has 0 aliphatic rings. The van der Waals surface area contributed by atoms with Crippen LogP contribution in [0.4, 0.5) is 0 Å². The molecule has 2 aromatic rings. The molecular formula is C20H26O5. The van der Waals surface area contributed by atoms with Crippen molar-refractivity contribution in [2.45, 2.75) is 20.0 Å². The Bertz CT molecular complexity index is 627. The molecule has 2 rings (SSSR count). The number of hydrogen-bond acceptors (Lipinski definition) is 5. The van der Waals surface area contributed by atoms with Gasteiger partial charge in [-0.3, -0.25) is 0 Å². The molecule has 136 valence electrons. The van der Waals surface area contributed by atoms with Crippen LogP contribution in [0.3, 0.4) is 0 Å². The monoisotopic (exact) mass is 346 g/mol. The van der Waals surface area contributed by atoms with Crippen LogP contribution in [0.1, 0.15) is 13.8 Å². The second kappa shape index (κ2) is 10.5. The molecule has 0 saturated heterocycles. The van der Waals surface area contributed by atoms with Gasteiger partial charge in [-0.25, -0.2) is 0 Å². The topological polar surface area (TPSA) is 46.2 Å². The van der Waals surface area contributed by atoms with E-state index in [1.54, 1.807) is 7.11 Å². The molecule has 0 amide bonds. The van der Waals surface area contributed by atoms with Gasteiger partial charge in [0.25, 0.3) is 0 Å². The van der Waals surface area contributed by atoms with Gasteiger partial charge in [0.2, 0.25) is 0 Å². The van der Waals surface area contributed by atoms with Crippen LogP contribution in [-0.4, -0.2) is 39.6 Å². The van der Waals surface area contributed by atoms with E-state index in [2.05, 4.69) is 0 Å². The first kappa shape index (κ1) is 18.9. The van der Waals surface area contributed by atoms with E-state index in [1.807, 2.05) is 62.4 Å². The van der Waals surface area contributed by atoms with Gasteiger partial charge in [-0.1, -0.05) is 18.2 Å². The van der Waals surface area contributed by atoms with Crippen LogP contribution in [-0.2, 0) is 4.74 Å². The van der Waals surface area contributed by atoms with Crippen molar-refractivity contribution in [2.24, 2.45) is 0 Å². The molecule has 5 heteroatoms. The molecule has 0 bridgehead atoms. The number of methoxy groups -OCH3 is 1. The van der Waals surface area contributed by atoms with Gasteiger partial charge >= 0.3 is 0 Å². The summed E-state index contributed by atoms with van der Waals surface area (Å²) in [5, 5.41) is 0. The van der Waals surface area contributed by atoms with Gasteiger partial charge in [0, 0.05) is 6.07 Å². The molecule has 0 aromatic heterocycles. The molecule has 0 spiro atoms. The molecule has 0 fully saturated rings. The Hall–Kier alpha value is -2.40. The fourth-order valence-electron chi connectivity index (χ4n) is 2.14. The number of benzene rings is 2. The van der Waals surface area contributed by atoms with Crippen LogP contribution in [0.5, 0.6) is 23.0 Å². The first-order valence-corrected chi connectivity index (χ1v) is 8.42. The van der Waals surface area contributed by atoms with E-state index >= 15 is 0 Å². The summed E-state index contributed by atoms with van der Waals surface area (Å²) in [5.41, 5.74) is 0. The zero-order valence-corrected chi connectivity index (χ0v) is 15.1. The molecule has 0 atom stereocenters. The molecule has 0 saturated carbocycles. The van der Waals surface area contributed by atoms with Gasteiger partial charge in [-0.05, 0) is 38.1 Å². The van der Waals surface area contributed by atoms with E-state index in [0.717, 1.165) is 23.0 Å². The molecule has 0 radical (unpaired) electrons. The molecule has 0 N–H and O–H groups in total. The summed E-state index contributed by atoms with van der Waals surface area (Å²) in [6.45, 7) is 5.88. The predicted octanol–water partition coefficient (Wildman–Crippen LogP) is 3.96. The van der Waals surface area contributed by atoms with E-state index in [0.29, 0.717) is 26.4 Å². The summed E-state index contributed by atoms with van der Waals surface area (Å²) in [5.74, 6) is 3.01. The van der Waals surface area contributed by atoms with Crippen molar-refractivity contribution in [1.29, 1.82) is 0 Å². The zero-order chi connectivity index (χ0) is 17.9. The SMILES string of the molecule is COc1cccc(OCCOCCOc2ccccc2OC(C)C)c1. The third-order valence-electron chi connectivity index (χ3n) is 3.23. The van der Waals surface area contributed by atoms with Crippen LogP contribution < -0.4 is 18.9 Å². The zero-order valence-electron chi connectivity index (χ0n) is 15.1. The Morgan fingerprint density at radius 2 is 1.44 bits per heavy atom. The van der Waals surface area contributed by atoms with Crippen molar-refractivity contribution in [3.63, 3.8) is 0 Å². The fourth-order valence-corrected chi connectivity index (χ4v) is 2.14. The van der Waals surface area contributed by atoms with Crippen molar-refractivity contribution >= 4 is 0 Å². The van der Waals surface area contributed by atoms with Crippen molar-refractivity contribution in [2.75, 3.05) is 33.5 Å².